The maximum Gasteiger partial charge on any atom is 0.147 e. The van der Waals surface area contributed by atoms with Crippen molar-refractivity contribution in [2.24, 2.45) is 0 Å². The molecule has 3 rings (SSSR count). The Bertz CT molecular complexity index is 768. The Morgan fingerprint density at radius 1 is 0.917 bits per heavy atom. The zero-order chi connectivity index (χ0) is 17.1. The van der Waals surface area contributed by atoms with Crippen LogP contribution in [0.4, 0.5) is 8.78 Å². The van der Waals surface area contributed by atoms with Crippen molar-refractivity contribution in [3.05, 3.63) is 82.9 Å². The zero-order valence-corrected chi connectivity index (χ0v) is 14.5. The molecule has 122 valence electrons. The highest BCUT2D eigenvalue weighted by atomic mass is 28.2. The molecule has 0 unspecified atom stereocenters. The van der Waals surface area contributed by atoms with Gasteiger partial charge in [-0.05, 0) is 49.2 Å². The van der Waals surface area contributed by atoms with E-state index in [2.05, 4.69) is 10.1 Å². The van der Waals surface area contributed by atoms with E-state index < -0.39 is 0 Å². The van der Waals surface area contributed by atoms with Gasteiger partial charge < -0.3 is 0 Å². The smallest absolute Gasteiger partial charge is 0.147 e. The number of rotatable bonds is 5. The van der Waals surface area contributed by atoms with Crippen LogP contribution in [-0.2, 0) is 6.17 Å². The van der Waals surface area contributed by atoms with Crippen molar-refractivity contribution in [2.45, 2.75) is 25.6 Å². The lowest BCUT2D eigenvalue weighted by Gasteiger charge is -2.17. The van der Waals surface area contributed by atoms with Gasteiger partial charge in [0.25, 0.3) is 0 Å². The monoisotopic (exact) mass is 341 g/mol. The van der Waals surface area contributed by atoms with Crippen LogP contribution in [0.15, 0.2) is 48.5 Å². The van der Waals surface area contributed by atoms with Gasteiger partial charge in [-0.2, -0.15) is 5.10 Å². The summed E-state index contributed by atoms with van der Waals surface area (Å²) in [6.45, 7) is 3.79. The minimum Gasteiger partial charge on any atom is -0.254 e. The molecule has 0 atom stereocenters. The van der Waals surface area contributed by atoms with Gasteiger partial charge >= 0.3 is 0 Å². The highest BCUT2D eigenvalue weighted by Crippen LogP contribution is 2.24. The van der Waals surface area contributed by atoms with Crippen LogP contribution in [0.25, 0.3) is 0 Å². The minimum atomic E-state index is -0.261. The fraction of sp³-hybridized carbons (Fsp3) is 0.222. The van der Waals surface area contributed by atoms with E-state index in [-0.39, 0.29) is 17.2 Å². The van der Waals surface area contributed by atoms with Gasteiger partial charge in [-0.25, -0.2) is 13.8 Å². The Labute approximate surface area is 142 Å². The van der Waals surface area contributed by atoms with Crippen LogP contribution in [0.1, 0.15) is 28.3 Å². The normalized spacial score (nSPS) is 11.2. The van der Waals surface area contributed by atoms with E-state index in [0.717, 1.165) is 22.8 Å². The van der Waals surface area contributed by atoms with Crippen LogP contribution in [0, 0.1) is 25.5 Å². The van der Waals surface area contributed by atoms with Crippen molar-refractivity contribution in [1.82, 2.24) is 14.8 Å². The predicted octanol–water partition coefficient (Wildman–Crippen LogP) is 3.62. The van der Waals surface area contributed by atoms with E-state index >= 15 is 0 Å². The molecule has 0 amide bonds. The van der Waals surface area contributed by atoms with Gasteiger partial charge in [0.15, 0.2) is 0 Å². The molecule has 2 radical (unpaired) electrons. The van der Waals surface area contributed by atoms with Crippen LogP contribution in [-0.4, -0.2) is 24.3 Å². The van der Waals surface area contributed by atoms with Crippen molar-refractivity contribution < 1.29 is 8.78 Å². The molecule has 1 aromatic heterocycles. The second-order valence-electron chi connectivity index (χ2n) is 5.60. The Kier molecular flexibility index (Phi) is 4.85. The Balaban J connectivity index is 1.88. The molecular weight excluding hydrogens is 324 g/mol. The van der Waals surface area contributed by atoms with Crippen LogP contribution in [0.3, 0.4) is 0 Å². The lowest BCUT2D eigenvalue weighted by atomic mass is 10.0. The van der Waals surface area contributed by atoms with E-state index in [0.29, 0.717) is 15.7 Å². The molecule has 0 saturated heterocycles. The Hall–Kier alpha value is -2.34. The molecule has 0 aliphatic rings. The maximum absolute atomic E-state index is 13.2. The van der Waals surface area contributed by atoms with Gasteiger partial charge in [-0.1, -0.05) is 24.3 Å². The number of benzene rings is 2. The van der Waals surface area contributed by atoms with Gasteiger partial charge in [0.1, 0.15) is 23.3 Å². The van der Waals surface area contributed by atoms with E-state index in [4.69, 9.17) is 0 Å². The molecule has 24 heavy (non-hydrogen) atoms. The summed E-state index contributed by atoms with van der Waals surface area (Å²) in [4.78, 5) is 4.31. The molecule has 6 heteroatoms. The summed E-state index contributed by atoms with van der Waals surface area (Å²) in [5, 5.41) is 4.39. The standard InChI is InChI=1S/C18H17F2N3Si/c1-12-21-13(2)23(22-12)11-24-18(14-3-7-16(19)8-4-14)15-5-9-17(20)10-6-15/h3-10,18H,11H2,1-2H3. The van der Waals surface area contributed by atoms with Crippen molar-refractivity contribution in [2.75, 3.05) is 0 Å². The molecule has 0 saturated carbocycles. The number of aryl methyl sites for hydroxylation is 2. The molecule has 0 bridgehead atoms. The highest BCUT2D eigenvalue weighted by molar-refractivity contribution is 6.37. The number of hydrogen-bond acceptors (Lipinski definition) is 2. The number of halogens is 2. The van der Waals surface area contributed by atoms with Gasteiger partial charge in [-0.15, -0.1) is 0 Å². The summed E-state index contributed by atoms with van der Waals surface area (Å²) in [6, 6.07) is 13.0. The van der Waals surface area contributed by atoms with Gasteiger partial charge in [-0.3, -0.25) is 4.68 Å². The molecule has 0 aliphatic carbocycles. The lowest BCUT2D eigenvalue weighted by molar-refractivity contribution is 0.626. The molecule has 3 nitrogen and oxygen atoms in total. The second kappa shape index (κ2) is 7.05. The quantitative estimate of drug-likeness (QED) is 0.664. The third-order valence-corrected chi connectivity index (χ3v) is 5.37. The maximum atomic E-state index is 13.2. The first-order chi connectivity index (χ1) is 11.5. The first-order valence-electron chi connectivity index (χ1n) is 7.65. The highest BCUT2D eigenvalue weighted by Gasteiger charge is 2.17. The first-order valence-corrected chi connectivity index (χ1v) is 8.94. The average Bonchev–Trinajstić information content (AvgIpc) is 2.88. The lowest BCUT2D eigenvalue weighted by Crippen LogP contribution is -2.18. The summed E-state index contributed by atoms with van der Waals surface area (Å²) in [7, 11) is 0.475. The molecule has 0 aliphatic heterocycles. The molecule has 3 aromatic rings. The summed E-state index contributed by atoms with van der Waals surface area (Å²) in [6.07, 6.45) is 0.714. The molecule has 0 fully saturated rings. The third-order valence-electron chi connectivity index (χ3n) is 3.81. The first kappa shape index (κ1) is 16.5. The van der Waals surface area contributed by atoms with E-state index in [1.54, 1.807) is 24.3 Å². The van der Waals surface area contributed by atoms with Crippen molar-refractivity contribution in [1.29, 1.82) is 0 Å². The predicted molar refractivity (Wildman–Crippen MR) is 89.9 cm³/mol. The van der Waals surface area contributed by atoms with Gasteiger partial charge in [0.05, 0.1) is 9.52 Å². The average molecular weight is 341 g/mol. The summed E-state index contributed by atoms with van der Waals surface area (Å²) in [5.41, 5.74) is 2.08. The van der Waals surface area contributed by atoms with Crippen LogP contribution in [0.2, 0.25) is 0 Å². The van der Waals surface area contributed by atoms with E-state index in [9.17, 15) is 8.78 Å². The number of nitrogens with zero attached hydrogens (tertiary/aromatic N) is 3. The van der Waals surface area contributed by atoms with Crippen molar-refractivity contribution in [3.8, 4) is 0 Å². The summed E-state index contributed by atoms with van der Waals surface area (Å²) < 4.78 is 28.4. The number of aromatic nitrogens is 3. The Morgan fingerprint density at radius 3 is 1.83 bits per heavy atom. The van der Waals surface area contributed by atoms with Gasteiger partial charge in [0.2, 0.25) is 0 Å². The molecule has 1 heterocycles. The fourth-order valence-electron chi connectivity index (χ4n) is 2.63. The number of hydrogen-bond donors (Lipinski definition) is 0. The topological polar surface area (TPSA) is 30.7 Å². The van der Waals surface area contributed by atoms with E-state index in [1.165, 1.54) is 24.3 Å². The van der Waals surface area contributed by atoms with E-state index in [1.807, 2.05) is 18.5 Å². The molecular formula is C18H17F2N3Si. The Morgan fingerprint density at radius 2 is 1.42 bits per heavy atom. The molecule has 0 spiro atoms. The molecule has 0 N–H and O–H groups in total. The second-order valence-corrected chi connectivity index (χ2v) is 6.91. The largest absolute Gasteiger partial charge is 0.254 e. The van der Waals surface area contributed by atoms with Crippen LogP contribution in [0.5, 0.6) is 0 Å². The summed E-state index contributed by atoms with van der Waals surface area (Å²) in [5.74, 6) is 1.10. The van der Waals surface area contributed by atoms with Crippen LogP contribution >= 0.6 is 0 Å². The SMILES string of the molecule is Cc1nc(C)n(C[Si]C(c2ccc(F)cc2)c2ccc(F)cc2)n1. The van der Waals surface area contributed by atoms with Gasteiger partial charge in [0, 0.05) is 11.7 Å². The van der Waals surface area contributed by atoms with Crippen LogP contribution < -0.4 is 0 Å². The zero-order valence-electron chi connectivity index (χ0n) is 13.5. The molecule has 2 aromatic carbocycles. The minimum absolute atomic E-state index is 0.0649. The van der Waals surface area contributed by atoms with Crippen molar-refractivity contribution in [3.63, 3.8) is 0 Å². The summed E-state index contributed by atoms with van der Waals surface area (Å²) >= 11 is 0. The fourth-order valence-corrected chi connectivity index (χ4v) is 4.14. The third kappa shape index (κ3) is 3.76. The van der Waals surface area contributed by atoms with Crippen molar-refractivity contribution >= 4 is 9.52 Å².